The first kappa shape index (κ1) is 13.5. The van der Waals surface area contributed by atoms with Crippen molar-refractivity contribution in [2.75, 3.05) is 11.1 Å². The number of nitrogen functional groups attached to an aromatic ring is 1. The minimum Gasteiger partial charge on any atom is -0.396 e. The number of carbonyl (C=O) groups excluding carboxylic acids is 1. The molecule has 1 amide bonds. The summed E-state index contributed by atoms with van der Waals surface area (Å²) in [6.07, 6.45) is 0. The van der Waals surface area contributed by atoms with Crippen LogP contribution in [-0.4, -0.2) is 16.1 Å². The van der Waals surface area contributed by atoms with Crippen molar-refractivity contribution in [1.82, 2.24) is 10.2 Å². The van der Waals surface area contributed by atoms with Gasteiger partial charge in [-0.2, -0.15) is 5.10 Å². The molecule has 19 heavy (non-hydrogen) atoms. The standard InChI is InChI=1S/C12H12BrFN4O/c1-5-6(2)17-18-11(5)16-12(19)7-3-10(15)9(14)4-8(7)13/h3-4H,15H2,1-2H3,(H2,16,17,18,19). The second kappa shape index (κ2) is 5.00. The van der Waals surface area contributed by atoms with Crippen LogP contribution in [0, 0.1) is 19.7 Å². The van der Waals surface area contributed by atoms with Crippen molar-refractivity contribution in [1.29, 1.82) is 0 Å². The maximum absolute atomic E-state index is 13.2. The Labute approximate surface area is 117 Å². The van der Waals surface area contributed by atoms with Gasteiger partial charge in [0.1, 0.15) is 5.82 Å². The highest BCUT2D eigenvalue weighted by atomic mass is 79.9. The number of nitrogens with zero attached hydrogens (tertiary/aromatic N) is 1. The molecule has 0 saturated heterocycles. The molecule has 1 heterocycles. The van der Waals surface area contributed by atoms with Gasteiger partial charge in [0.2, 0.25) is 0 Å². The minimum absolute atomic E-state index is 0.0803. The van der Waals surface area contributed by atoms with E-state index in [2.05, 4.69) is 31.4 Å². The number of hydrogen-bond donors (Lipinski definition) is 3. The van der Waals surface area contributed by atoms with Crippen molar-refractivity contribution in [3.8, 4) is 0 Å². The number of nitrogens with two attached hydrogens (primary N) is 1. The number of aryl methyl sites for hydroxylation is 1. The first-order valence-corrected chi connectivity index (χ1v) is 6.27. The van der Waals surface area contributed by atoms with Gasteiger partial charge in [-0.3, -0.25) is 9.89 Å². The van der Waals surface area contributed by atoms with E-state index in [0.717, 1.165) is 17.3 Å². The molecule has 0 unspecified atom stereocenters. The Kier molecular flexibility index (Phi) is 3.57. The van der Waals surface area contributed by atoms with Crippen molar-refractivity contribution in [3.63, 3.8) is 0 Å². The van der Waals surface area contributed by atoms with Crippen molar-refractivity contribution >= 4 is 33.3 Å². The number of benzene rings is 1. The molecule has 0 aliphatic rings. The monoisotopic (exact) mass is 326 g/mol. The molecule has 0 aliphatic heterocycles. The maximum Gasteiger partial charge on any atom is 0.258 e. The van der Waals surface area contributed by atoms with Gasteiger partial charge in [-0.25, -0.2) is 4.39 Å². The zero-order valence-electron chi connectivity index (χ0n) is 10.3. The summed E-state index contributed by atoms with van der Waals surface area (Å²) in [5.41, 5.74) is 7.34. The van der Waals surface area contributed by atoms with E-state index in [1.165, 1.54) is 6.07 Å². The third-order valence-electron chi connectivity index (χ3n) is 2.82. The van der Waals surface area contributed by atoms with Crippen molar-refractivity contribution in [3.05, 3.63) is 39.2 Å². The molecule has 7 heteroatoms. The fourth-order valence-corrected chi connectivity index (χ4v) is 2.02. The van der Waals surface area contributed by atoms with Crippen LogP contribution in [0.4, 0.5) is 15.9 Å². The molecular weight excluding hydrogens is 315 g/mol. The Bertz CT molecular complexity index is 653. The second-order valence-corrected chi connectivity index (χ2v) is 4.98. The number of hydrogen-bond acceptors (Lipinski definition) is 3. The molecule has 100 valence electrons. The summed E-state index contributed by atoms with van der Waals surface area (Å²) in [6, 6.07) is 2.44. The van der Waals surface area contributed by atoms with Gasteiger partial charge in [-0.1, -0.05) is 0 Å². The fraction of sp³-hybridized carbons (Fsp3) is 0.167. The third kappa shape index (κ3) is 2.60. The Morgan fingerprint density at radius 3 is 2.74 bits per heavy atom. The molecule has 2 rings (SSSR count). The van der Waals surface area contributed by atoms with E-state index in [1.54, 1.807) is 0 Å². The lowest BCUT2D eigenvalue weighted by Crippen LogP contribution is -2.14. The smallest absolute Gasteiger partial charge is 0.258 e. The van der Waals surface area contributed by atoms with Crippen LogP contribution < -0.4 is 11.1 Å². The molecular formula is C12H12BrFN4O. The van der Waals surface area contributed by atoms with Gasteiger partial charge < -0.3 is 11.1 Å². The van der Waals surface area contributed by atoms with Crippen LogP contribution in [0.25, 0.3) is 0 Å². The van der Waals surface area contributed by atoms with E-state index < -0.39 is 11.7 Å². The van der Waals surface area contributed by atoms with Crippen molar-refractivity contribution in [2.45, 2.75) is 13.8 Å². The largest absolute Gasteiger partial charge is 0.396 e. The summed E-state index contributed by atoms with van der Waals surface area (Å²) >= 11 is 3.13. The molecule has 0 fully saturated rings. The highest BCUT2D eigenvalue weighted by molar-refractivity contribution is 9.10. The number of rotatable bonds is 2. The van der Waals surface area contributed by atoms with Gasteiger partial charge in [-0.15, -0.1) is 0 Å². The Balaban J connectivity index is 2.30. The van der Waals surface area contributed by atoms with E-state index in [9.17, 15) is 9.18 Å². The number of nitrogens with one attached hydrogen (secondary N) is 2. The quantitative estimate of drug-likeness (QED) is 0.742. The van der Waals surface area contributed by atoms with Crippen LogP contribution >= 0.6 is 15.9 Å². The number of H-pyrrole nitrogens is 1. The predicted octanol–water partition coefficient (Wildman–Crippen LogP) is 2.76. The molecule has 0 bridgehead atoms. The third-order valence-corrected chi connectivity index (χ3v) is 3.47. The summed E-state index contributed by atoms with van der Waals surface area (Å²) in [5, 5.41) is 9.39. The highest BCUT2D eigenvalue weighted by Gasteiger charge is 2.16. The maximum atomic E-state index is 13.2. The van der Waals surface area contributed by atoms with Crippen molar-refractivity contribution in [2.24, 2.45) is 0 Å². The average molecular weight is 327 g/mol. The SMILES string of the molecule is Cc1[nH]nc(NC(=O)c2cc(N)c(F)cc2Br)c1C. The molecule has 1 aromatic carbocycles. The number of halogens is 2. The summed E-state index contributed by atoms with van der Waals surface area (Å²) in [5.74, 6) is -0.541. The molecule has 0 atom stereocenters. The van der Waals surface area contributed by atoms with E-state index in [-0.39, 0.29) is 11.3 Å². The van der Waals surface area contributed by atoms with Crippen LogP contribution in [0.1, 0.15) is 21.6 Å². The Morgan fingerprint density at radius 2 is 2.16 bits per heavy atom. The van der Waals surface area contributed by atoms with Gasteiger partial charge in [-0.05, 0) is 41.9 Å². The Morgan fingerprint density at radius 1 is 1.47 bits per heavy atom. The van der Waals surface area contributed by atoms with E-state index in [4.69, 9.17) is 5.73 Å². The summed E-state index contributed by atoms with van der Waals surface area (Å²) in [7, 11) is 0. The normalized spacial score (nSPS) is 10.5. The van der Waals surface area contributed by atoms with Gasteiger partial charge in [0.15, 0.2) is 5.82 Å². The summed E-state index contributed by atoms with van der Waals surface area (Å²) in [4.78, 5) is 12.1. The van der Waals surface area contributed by atoms with Gasteiger partial charge >= 0.3 is 0 Å². The molecule has 0 radical (unpaired) electrons. The molecule has 0 aliphatic carbocycles. The lowest BCUT2D eigenvalue weighted by Gasteiger charge is -2.07. The molecule has 0 saturated carbocycles. The van der Waals surface area contributed by atoms with Crippen LogP contribution in [-0.2, 0) is 0 Å². The Hall–Kier alpha value is -1.89. The lowest BCUT2D eigenvalue weighted by atomic mass is 10.1. The molecule has 2 aromatic rings. The molecule has 1 aromatic heterocycles. The average Bonchev–Trinajstić information content (AvgIpc) is 2.65. The predicted molar refractivity (Wildman–Crippen MR) is 74.5 cm³/mol. The number of carbonyl (C=O) groups is 1. The topological polar surface area (TPSA) is 83.8 Å². The molecule has 5 nitrogen and oxygen atoms in total. The van der Waals surface area contributed by atoms with Gasteiger partial charge in [0.25, 0.3) is 5.91 Å². The first-order chi connectivity index (χ1) is 8.90. The molecule has 4 N–H and O–H groups in total. The zero-order chi connectivity index (χ0) is 14.2. The summed E-state index contributed by atoms with van der Waals surface area (Å²) < 4.78 is 13.5. The number of anilines is 2. The van der Waals surface area contributed by atoms with Crippen LogP contribution in [0.5, 0.6) is 0 Å². The fourth-order valence-electron chi connectivity index (χ4n) is 1.52. The first-order valence-electron chi connectivity index (χ1n) is 5.47. The number of amides is 1. The van der Waals surface area contributed by atoms with Gasteiger partial charge in [0.05, 0.1) is 11.3 Å². The zero-order valence-corrected chi connectivity index (χ0v) is 11.9. The van der Waals surface area contributed by atoms with Crippen LogP contribution in [0.2, 0.25) is 0 Å². The van der Waals surface area contributed by atoms with Crippen LogP contribution in [0.15, 0.2) is 16.6 Å². The van der Waals surface area contributed by atoms with E-state index >= 15 is 0 Å². The van der Waals surface area contributed by atoms with Crippen molar-refractivity contribution < 1.29 is 9.18 Å². The number of aromatic nitrogens is 2. The second-order valence-electron chi connectivity index (χ2n) is 4.13. The molecule has 0 spiro atoms. The number of aromatic amines is 1. The van der Waals surface area contributed by atoms with E-state index in [1.807, 2.05) is 13.8 Å². The summed E-state index contributed by atoms with van der Waals surface area (Å²) in [6.45, 7) is 3.69. The van der Waals surface area contributed by atoms with Gasteiger partial charge in [0, 0.05) is 15.7 Å². The van der Waals surface area contributed by atoms with Crippen LogP contribution in [0.3, 0.4) is 0 Å². The highest BCUT2D eigenvalue weighted by Crippen LogP contribution is 2.24. The van der Waals surface area contributed by atoms with E-state index in [0.29, 0.717) is 10.3 Å². The lowest BCUT2D eigenvalue weighted by molar-refractivity contribution is 0.102. The minimum atomic E-state index is -0.574.